The van der Waals surface area contributed by atoms with Crippen molar-refractivity contribution in [1.82, 2.24) is 10.3 Å². The molecule has 3 N–H and O–H groups in total. The predicted molar refractivity (Wildman–Crippen MR) is 121 cm³/mol. The Morgan fingerprint density at radius 3 is 2.18 bits per heavy atom. The van der Waals surface area contributed by atoms with Gasteiger partial charge in [0.15, 0.2) is 0 Å². The van der Waals surface area contributed by atoms with Crippen LogP contribution in [-0.4, -0.2) is 42.2 Å². The van der Waals surface area contributed by atoms with Crippen LogP contribution in [0.15, 0.2) is 77.8 Å². The van der Waals surface area contributed by atoms with E-state index < -0.39 is 21.0 Å². The molecule has 33 heavy (non-hydrogen) atoms. The van der Waals surface area contributed by atoms with Crippen molar-refractivity contribution in [1.29, 1.82) is 0 Å². The van der Waals surface area contributed by atoms with Crippen molar-refractivity contribution >= 4 is 32.6 Å². The van der Waals surface area contributed by atoms with Gasteiger partial charge in [0, 0.05) is 6.54 Å². The quantitative estimate of drug-likeness (QED) is 0.462. The van der Waals surface area contributed by atoms with Gasteiger partial charge < -0.3 is 15.7 Å². The Morgan fingerprint density at radius 2 is 1.58 bits per heavy atom. The number of carbonyl (C=O) groups is 3. The molecule has 10 heteroatoms. The van der Waals surface area contributed by atoms with Crippen LogP contribution in [0.4, 0.5) is 10.5 Å². The lowest BCUT2D eigenvalue weighted by Gasteiger charge is -2.08. The molecule has 0 aliphatic carbocycles. The van der Waals surface area contributed by atoms with Gasteiger partial charge in [-0.05, 0) is 41.8 Å². The van der Waals surface area contributed by atoms with Crippen LogP contribution in [0.25, 0.3) is 0 Å². The summed E-state index contributed by atoms with van der Waals surface area (Å²) in [7, 11) is -4.31. The Labute approximate surface area is 190 Å². The summed E-state index contributed by atoms with van der Waals surface area (Å²) in [5, 5.41) is 12.6. The van der Waals surface area contributed by atoms with Crippen molar-refractivity contribution in [2.75, 3.05) is 11.9 Å². The molecule has 1 heterocycles. The number of amides is 2. The topological polar surface area (TPSA) is 143 Å². The summed E-state index contributed by atoms with van der Waals surface area (Å²) >= 11 is 0. The number of nitrogens with zero attached hydrogens (tertiary/aromatic N) is 1. The molecule has 0 unspecified atom stereocenters. The first-order valence-corrected chi connectivity index (χ1v) is 11.4. The third-order valence-electron chi connectivity index (χ3n) is 4.65. The summed E-state index contributed by atoms with van der Waals surface area (Å²) in [6, 6.07) is 17.5. The maximum atomic E-state index is 12.5. The minimum Gasteiger partial charge on any atom is -0.477 e. The highest BCUT2D eigenvalue weighted by atomic mass is 32.2. The number of hydrogen-bond acceptors (Lipinski definition) is 6. The summed E-state index contributed by atoms with van der Waals surface area (Å²) in [6.07, 6.45) is 1.84. The van der Waals surface area contributed by atoms with Crippen molar-refractivity contribution in [3.05, 3.63) is 89.7 Å². The minimum absolute atomic E-state index is 0.0523. The molecule has 2 amide bonds. The molecule has 2 aromatic carbocycles. The van der Waals surface area contributed by atoms with Gasteiger partial charge in [-0.25, -0.2) is 18.2 Å². The SMILES string of the molecule is O=C(Cc1ccccc1)NCCc1ccc(S(=O)(=O)C(=O)Nc2ccc(C(=O)O)nc2)cc1. The number of aromatic nitrogens is 1. The molecule has 170 valence electrons. The third kappa shape index (κ3) is 6.47. The Hall–Kier alpha value is -4.05. The molecule has 3 rings (SSSR count). The maximum absolute atomic E-state index is 12.5. The second kappa shape index (κ2) is 10.5. The Kier molecular flexibility index (Phi) is 7.52. The molecule has 0 bridgehead atoms. The highest BCUT2D eigenvalue weighted by Crippen LogP contribution is 2.16. The summed E-state index contributed by atoms with van der Waals surface area (Å²) < 4.78 is 25.0. The Balaban J connectivity index is 1.53. The van der Waals surface area contributed by atoms with Crippen LogP contribution in [0.2, 0.25) is 0 Å². The zero-order chi connectivity index (χ0) is 23.8. The molecule has 3 aromatic rings. The van der Waals surface area contributed by atoms with Gasteiger partial charge in [-0.2, -0.15) is 0 Å². The van der Waals surface area contributed by atoms with E-state index in [0.29, 0.717) is 13.0 Å². The largest absolute Gasteiger partial charge is 0.477 e. The maximum Gasteiger partial charge on any atom is 0.354 e. The van der Waals surface area contributed by atoms with Gasteiger partial charge >= 0.3 is 11.2 Å². The van der Waals surface area contributed by atoms with Gasteiger partial charge in [0.25, 0.3) is 9.84 Å². The lowest BCUT2D eigenvalue weighted by molar-refractivity contribution is -0.120. The van der Waals surface area contributed by atoms with E-state index >= 15 is 0 Å². The Morgan fingerprint density at radius 1 is 0.879 bits per heavy atom. The van der Waals surface area contributed by atoms with E-state index in [-0.39, 0.29) is 28.6 Å². The first-order chi connectivity index (χ1) is 15.8. The normalized spacial score (nSPS) is 10.9. The number of anilines is 1. The monoisotopic (exact) mass is 467 g/mol. The second-order valence-electron chi connectivity index (χ2n) is 7.06. The molecule has 0 fully saturated rings. The molecule has 0 saturated carbocycles. The number of aromatic carboxylic acids is 1. The number of hydrogen-bond donors (Lipinski definition) is 3. The first-order valence-electron chi connectivity index (χ1n) is 9.90. The molecule has 0 aliphatic rings. The molecule has 0 spiro atoms. The van der Waals surface area contributed by atoms with E-state index in [2.05, 4.69) is 15.6 Å². The number of pyridine rings is 1. The number of carboxylic acids is 1. The fraction of sp³-hybridized carbons (Fsp3) is 0.130. The van der Waals surface area contributed by atoms with Crippen LogP contribution in [0.3, 0.4) is 0 Å². The number of nitrogens with one attached hydrogen (secondary N) is 2. The van der Waals surface area contributed by atoms with E-state index in [1.165, 1.54) is 18.2 Å². The fourth-order valence-corrected chi connectivity index (χ4v) is 3.87. The summed E-state index contributed by atoms with van der Waals surface area (Å²) in [5.74, 6) is -1.35. The summed E-state index contributed by atoms with van der Waals surface area (Å²) in [6.45, 7) is 0.386. The predicted octanol–water partition coefficient (Wildman–Crippen LogP) is 2.69. The van der Waals surface area contributed by atoms with Crippen LogP contribution in [0.1, 0.15) is 21.6 Å². The van der Waals surface area contributed by atoms with Crippen molar-refractivity contribution in [2.24, 2.45) is 0 Å². The lowest BCUT2D eigenvalue weighted by Crippen LogP contribution is -2.27. The van der Waals surface area contributed by atoms with Gasteiger partial charge in [-0.15, -0.1) is 0 Å². The number of carboxylic acid groups (broad SMARTS) is 1. The average molecular weight is 468 g/mol. The zero-order valence-electron chi connectivity index (χ0n) is 17.4. The Bertz CT molecular complexity index is 1240. The molecule has 0 radical (unpaired) electrons. The van der Waals surface area contributed by atoms with E-state index in [0.717, 1.165) is 23.4 Å². The first kappa shape index (κ1) is 23.6. The van der Waals surface area contributed by atoms with Crippen molar-refractivity contribution in [3.8, 4) is 0 Å². The van der Waals surface area contributed by atoms with Gasteiger partial charge in [0.05, 0.1) is 23.2 Å². The van der Waals surface area contributed by atoms with Crippen LogP contribution in [0, 0.1) is 0 Å². The third-order valence-corrected chi connectivity index (χ3v) is 6.13. The van der Waals surface area contributed by atoms with Crippen molar-refractivity contribution in [3.63, 3.8) is 0 Å². The van der Waals surface area contributed by atoms with Crippen LogP contribution in [0.5, 0.6) is 0 Å². The molecule has 9 nitrogen and oxygen atoms in total. The fourth-order valence-electron chi connectivity index (χ4n) is 2.91. The molecule has 0 saturated heterocycles. The van der Waals surface area contributed by atoms with Gasteiger partial charge in [-0.1, -0.05) is 42.5 Å². The van der Waals surface area contributed by atoms with E-state index in [9.17, 15) is 22.8 Å². The summed E-state index contributed by atoms with van der Waals surface area (Å²) in [4.78, 5) is 38.5. The van der Waals surface area contributed by atoms with Crippen molar-refractivity contribution < 1.29 is 27.9 Å². The molecule has 1 aromatic heterocycles. The lowest BCUT2D eigenvalue weighted by atomic mass is 10.1. The van der Waals surface area contributed by atoms with E-state index in [1.54, 1.807) is 12.1 Å². The molecular formula is C23H21N3O6S. The van der Waals surface area contributed by atoms with E-state index in [4.69, 9.17) is 5.11 Å². The number of benzene rings is 2. The van der Waals surface area contributed by atoms with Gasteiger partial charge in [0.2, 0.25) is 5.91 Å². The van der Waals surface area contributed by atoms with Crippen LogP contribution in [-0.2, 0) is 27.5 Å². The molecule has 0 aliphatic heterocycles. The highest BCUT2D eigenvalue weighted by molar-refractivity contribution is 8.06. The van der Waals surface area contributed by atoms with Gasteiger partial charge in [0.1, 0.15) is 5.69 Å². The van der Waals surface area contributed by atoms with Crippen LogP contribution < -0.4 is 10.6 Å². The molecular weight excluding hydrogens is 446 g/mol. The smallest absolute Gasteiger partial charge is 0.354 e. The average Bonchev–Trinajstić information content (AvgIpc) is 2.80. The molecule has 0 atom stereocenters. The number of carbonyl (C=O) groups excluding carboxylic acids is 2. The van der Waals surface area contributed by atoms with Gasteiger partial charge in [-0.3, -0.25) is 9.59 Å². The van der Waals surface area contributed by atoms with Crippen LogP contribution >= 0.6 is 0 Å². The minimum atomic E-state index is -4.31. The summed E-state index contributed by atoms with van der Waals surface area (Å²) in [5.41, 5.74) is 1.53. The van der Waals surface area contributed by atoms with E-state index in [1.807, 2.05) is 30.3 Å². The number of sulfone groups is 1. The second-order valence-corrected chi connectivity index (χ2v) is 8.91. The number of rotatable bonds is 8. The highest BCUT2D eigenvalue weighted by Gasteiger charge is 2.25. The van der Waals surface area contributed by atoms with Crippen molar-refractivity contribution in [2.45, 2.75) is 17.7 Å². The standard InChI is InChI=1S/C23H21N3O6S/c27-21(14-17-4-2-1-3-5-17)24-13-12-16-6-9-19(10-7-16)33(31,32)23(30)26-18-8-11-20(22(28)29)25-15-18/h1-11,15H,12-14H2,(H,24,27)(H,26,30)(H,28,29). The zero-order valence-corrected chi connectivity index (χ0v) is 18.2.